The maximum absolute atomic E-state index is 13.2. The number of carbonyl (C=O) groups is 3. The fraction of sp³-hybridized carbons (Fsp3) is 0.370. The lowest BCUT2D eigenvalue weighted by Gasteiger charge is -2.39. The van der Waals surface area contributed by atoms with Gasteiger partial charge in [0.2, 0.25) is 5.91 Å². The molecular weight excluding hydrogens is 448 g/mol. The minimum atomic E-state index is -1.49. The molecule has 2 unspecified atom stereocenters. The van der Waals surface area contributed by atoms with E-state index in [1.165, 1.54) is 11.8 Å². The van der Waals surface area contributed by atoms with Gasteiger partial charge in [0.1, 0.15) is 12.6 Å². The Balaban J connectivity index is 1.43. The number of carbonyl (C=O) groups excluding carboxylic acids is 2. The quantitative estimate of drug-likeness (QED) is 0.562. The lowest BCUT2D eigenvalue weighted by atomic mass is 9.98. The number of morpholine rings is 1. The van der Waals surface area contributed by atoms with Crippen molar-refractivity contribution in [3.05, 3.63) is 72.3 Å². The Morgan fingerprint density at radius 3 is 2.43 bits per heavy atom. The number of hydrogen-bond donors (Lipinski definition) is 2. The number of aliphatic carboxylic acids is 1. The van der Waals surface area contributed by atoms with Gasteiger partial charge in [-0.1, -0.05) is 54.6 Å². The number of fused-ring (bicyclic) bond motifs is 3. The first-order valence-corrected chi connectivity index (χ1v) is 11.7. The molecular formula is C27H30N2O6. The smallest absolute Gasteiger partial charge is 0.407 e. The summed E-state index contributed by atoms with van der Waals surface area (Å²) in [4.78, 5) is 39.0. The normalized spacial score (nSPS) is 19.9. The maximum Gasteiger partial charge on any atom is 0.407 e. The van der Waals surface area contributed by atoms with E-state index in [4.69, 9.17) is 9.47 Å². The molecule has 0 spiro atoms. The van der Waals surface area contributed by atoms with E-state index >= 15 is 0 Å². The molecule has 8 nitrogen and oxygen atoms in total. The van der Waals surface area contributed by atoms with E-state index in [0.29, 0.717) is 12.8 Å². The van der Waals surface area contributed by atoms with E-state index in [0.717, 1.165) is 22.3 Å². The lowest BCUT2D eigenvalue weighted by molar-refractivity contribution is -0.177. The highest BCUT2D eigenvalue weighted by molar-refractivity contribution is 5.87. The third kappa shape index (κ3) is 5.07. The van der Waals surface area contributed by atoms with Gasteiger partial charge in [0, 0.05) is 12.5 Å². The van der Waals surface area contributed by atoms with Gasteiger partial charge >= 0.3 is 12.1 Å². The highest BCUT2D eigenvalue weighted by atomic mass is 16.5. The molecule has 1 aliphatic heterocycles. The molecule has 0 bridgehead atoms. The van der Waals surface area contributed by atoms with Crippen LogP contribution in [0.1, 0.15) is 36.8 Å². The van der Waals surface area contributed by atoms with Gasteiger partial charge < -0.3 is 24.8 Å². The van der Waals surface area contributed by atoms with Crippen molar-refractivity contribution in [1.29, 1.82) is 0 Å². The molecule has 8 heteroatoms. The number of allylic oxidation sites excluding steroid dienone is 1. The van der Waals surface area contributed by atoms with Gasteiger partial charge in [-0.05, 0) is 42.0 Å². The Kier molecular flexibility index (Phi) is 7.21. The summed E-state index contributed by atoms with van der Waals surface area (Å²) in [5, 5.41) is 12.2. The second-order valence-electron chi connectivity index (χ2n) is 9.03. The number of amides is 2. The zero-order valence-corrected chi connectivity index (χ0v) is 19.7. The SMILES string of the molecule is C=CCCC(NC(=O)OCC1c2ccccc2-c2ccccc21)C(=O)N1CCOC(C)(C(=O)O)C1. The summed E-state index contributed by atoms with van der Waals surface area (Å²) in [6.45, 7) is 5.52. The highest BCUT2D eigenvalue weighted by Crippen LogP contribution is 2.44. The molecule has 4 rings (SSSR count). The Hall–Kier alpha value is -3.65. The molecule has 2 aromatic carbocycles. The number of ether oxygens (including phenoxy) is 2. The van der Waals surface area contributed by atoms with Crippen molar-refractivity contribution in [1.82, 2.24) is 10.2 Å². The van der Waals surface area contributed by atoms with Gasteiger partial charge in [-0.2, -0.15) is 0 Å². The standard InChI is InChI=1S/C27H30N2O6/c1-3-4-13-23(24(30)29-14-15-35-27(2,17-29)25(31)32)28-26(33)34-16-22-20-11-7-5-9-18(20)19-10-6-8-12-21(19)22/h3,5-12,22-23H,1,4,13-17H2,2H3,(H,28,33)(H,31,32). The van der Waals surface area contributed by atoms with Crippen molar-refractivity contribution in [2.24, 2.45) is 0 Å². The molecule has 35 heavy (non-hydrogen) atoms. The molecule has 2 aliphatic rings. The predicted molar refractivity (Wildman–Crippen MR) is 130 cm³/mol. The summed E-state index contributed by atoms with van der Waals surface area (Å²) in [6, 6.07) is 15.2. The molecule has 0 aromatic heterocycles. The topological polar surface area (TPSA) is 105 Å². The first kappa shape index (κ1) is 24.5. The number of nitrogens with one attached hydrogen (secondary N) is 1. The summed E-state index contributed by atoms with van der Waals surface area (Å²) in [6.07, 6.45) is 1.80. The number of alkyl carbamates (subject to hydrolysis) is 1. The summed E-state index contributed by atoms with van der Waals surface area (Å²) in [5.41, 5.74) is 2.97. The largest absolute Gasteiger partial charge is 0.479 e. The number of carboxylic acids is 1. The molecule has 2 amide bonds. The average molecular weight is 479 g/mol. The molecule has 1 aliphatic carbocycles. The van der Waals surface area contributed by atoms with Crippen molar-refractivity contribution in [3.8, 4) is 11.1 Å². The van der Waals surface area contributed by atoms with Crippen LogP contribution in [0.4, 0.5) is 4.79 Å². The van der Waals surface area contributed by atoms with Gasteiger partial charge in [0.25, 0.3) is 0 Å². The second-order valence-corrected chi connectivity index (χ2v) is 9.03. The third-order valence-corrected chi connectivity index (χ3v) is 6.63. The zero-order chi connectivity index (χ0) is 25.0. The van der Waals surface area contributed by atoms with Crippen molar-refractivity contribution >= 4 is 18.0 Å². The van der Waals surface area contributed by atoms with Crippen LogP contribution in [-0.2, 0) is 19.1 Å². The van der Waals surface area contributed by atoms with Crippen molar-refractivity contribution in [3.63, 3.8) is 0 Å². The average Bonchev–Trinajstić information content (AvgIpc) is 3.18. The number of rotatable bonds is 8. The van der Waals surface area contributed by atoms with Crippen molar-refractivity contribution in [2.45, 2.75) is 37.3 Å². The number of nitrogens with zero attached hydrogens (tertiary/aromatic N) is 1. The maximum atomic E-state index is 13.2. The Labute approximate surface area is 204 Å². The molecule has 1 saturated heterocycles. The van der Waals surface area contributed by atoms with Crippen molar-refractivity contribution < 1.29 is 29.0 Å². The van der Waals surface area contributed by atoms with Gasteiger partial charge in [-0.15, -0.1) is 6.58 Å². The second kappa shape index (κ2) is 10.3. The van der Waals surface area contributed by atoms with Gasteiger partial charge in [-0.3, -0.25) is 4.79 Å². The molecule has 0 saturated carbocycles. The molecule has 1 heterocycles. The monoisotopic (exact) mass is 478 g/mol. The number of benzene rings is 2. The van der Waals surface area contributed by atoms with Crippen LogP contribution in [0.5, 0.6) is 0 Å². The van der Waals surface area contributed by atoms with Crippen LogP contribution in [0.25, 0.3) is 11.1 Å². The highest BCUT2D eigenvalue weighted by Gasteiger charge is 2.42. The minimum Gasteiger partial charge on any atom is -0.479 e. The first-order valence-electron chi connectivity index (χ1n) is 11.7. The van der Waals surface area contributed by atoms with E-state index in [-0.39, 0.29) is 38.1 Å². The number of carboxylic acid groups (broad SMARTS) is 1. The van der Waals surface area contributed by atoms with Gasteiger partial charge in [-0.25, -0.2) is 9.59 Å². The molecule has 2 N–H and O–H groups in total. The minimum absolute atomic E-state index is 0.0917. The van der Waals surface area contributed by atoms with Crippen molar-refractivity contribution in [2.75, 3.05) is 26.3 Å². The summed E-state index contributed by atoms with van der Waals surface area (Å²) in [5.74, 6) is -1.59. The van der Waals surface area contributed by atoms with E-state index in [1.807, 2.05) is 36.4 Å². The van der Waals surface area contributed by atoms with Crippen LogP contribution >= 0.6 is 0 Å². The van der Waals surface area contributed by atoms with Crippen LogP contribution in [0.2, 0.25) is 0 Å². The Bertz CT molecular complexity index is 1090. The lowest BCUT2D eigenvalue weighted by Crippen LogP contribution is -2.59. The molecule has 1 fully saturated rings. The molecule has 0 radical (unpaired) electrons. The summed E-state index contributed by atoms with van der Waals surface area (Å²) >= 11 is 0. The van der Waals surface area contributed by atoms with E-state index in [9.17, 15) is 19.5 Å². The van der Waals surface area contributed by atoms with E-state index in [2.05, 4.69) is 24.0 Å². The fourth-order valence-electron chi connectivity index (χ4n) is 4.73. The fourth-order valence-corrected chi connectivity index (χ4v) is 4.73. The molecule has 2 atom stereocenters. The van der Waals surface area contributed by atoms with Crippen LogP contribution in [0, 0.1) is 0 Å². The summed E-state index contributed by atoms with van der Waals surface area (Å²) < 4.78 is 11.0. The van der Waals surface area contributed by atoms with E-state index in [1.54, 1.807) is 6.08 Å². The van der Waals surface area contributed by atoms with E-state index < -0.39 is 23.7 Å². The molecule has 184 valence electrons. The van der Waals surface area contributed by atoms with Crippen LogP contribution in [-0.4, -0.2) is 65.9 Å². The molecule has 2 aromatic rings. The predicted octanol–water partition coefficient (Wildman–Crippen LogP) is 3.56. The Morgan fingerprint density at radius 1 is 1.20 bits per heavy atom. The number of hydrogen-bond acceptors (Lipinski definition) is 5. The Morgan fingerprint density at radius 2 is 1.83 bits per heavy atom. The van der Waals surface area contributed by atoms with Crippen LogP contribution in [0.3, 0.4) is 0 Å². The van der Waals surface area contributed by atoms with Crippen LogP contribution < -0.4 is 5.32 Å². The van der Waals surface area contributed by atoms with Crippen LogP contribution in [0.15, 0.2) is 61.2 Å². The third-order valence-electron chi connectivity index (χ3n) is 6.63. The zero-order valence-electron chi connectivity index (χ0n) is 19.7. The summed E-state index contributed by atoms with van der Waals surface area (Å²) in [7, 11) is 0. The van der Waals surface area contributed by atoms with Gasteiger partial charge in [0.15, 0.2) is 5.60 Å². The van der Waals surface area contributed by atoms with Gasteiger partial charge in [0.05, 0.1) is 13.2 Å². The first-order chi connectivity index (χ1) is 16.8.